The first kappa shape index (κ1) is 17.3. The quantitative estimate of drug-likeness (QED) is 0.799. The summed E-state index contributed by atoms with van der Waals surface area (Å²) in [6.45, 7) is 2.74. The number of urea groups is 1. The molecular formula is C18H20N2O4. The number of benzene rings is 2. The summed E-state index contributed by atoms with van der Waals surface area (Å²) in [4.78, 5) is 23.4. The summed E-state index contributed by atoms with van der Waals surface area (Å²) in [7, 11) is 1.34. The molecule has 0 unspecified atom stereocenters. The SMILES string of the molecule is CCOc1ccccc1NC(=O)NCc1ccc(C(=O)OC)cc1. The van der Waals surface area contributed by atoms with Crippen LogP contribution in [-0.4, -0.2) is 25.7 Å². The molecule has 2 amide bonds. The predicted molar refractivity (Wildman–Crippen MR) is 91.3 cm³/mol. The van der Waals surface area contributed by atoms with Gasteiger partial charge in [0.25, 0.3) is 0 Å². The Morgan fingerprint density at radius 1 is 1.04 bits per heavy atom. The van der Waals surface area contributed by atoms with Crippen molar-refractivity contribution in [3.63, 3.8) is 0 Å². The van der Waals surface area contributed by atoms with E-state index >= 15 is 0 Å². The predicted octanol–water partition coefficient (Wildman–Crippen LogP) is 3.19. The lowest BCUT2D eigenvalue weighted by atomic mass is 10.1. The number of nitrogens with one attached hydrogen (secondary N) is 2. The number of carbonyl (C=O) groups is 2. The molecule has 0 aliphatic rings. The van der Waals surface area contributed by atoms with Gasteiger partial charge in [0, 0.05) is 6.54 Å². The first-order valence-corrected chi connectivity index (χ1v) is 7.58. The van der Waals surface area contributed by atoms with E-state index in [0.29, 0.717) is 30.2 Å². The Bertz CT molecular complexity index is 698. The number of para-hydroxylation sites is 2. The van der Waals surface area contributed by atoms with Crippen LogP contribution in [0.25, 0.3) is 0 Å². The summed E-state index contributed by atoms with van der Waals surface area (Å²) in [5.41, 5.74) is 1.95. The van der Waals surface area contributed by atoms with Crippen LogP contribution in [0.4, 0.5) is 10.5 Å². The van der Waals surface area contributed by atoms with Crippen molar-refractivity contribution in [1.29, 1.82) is 0 Å². The molecular weight excluding hydrogens is 308 g/mol. The molecule has 2 aromatic carbocycles. The van der Waals surface area contributed by atoms with E-state index in [-0.39, 0.29) is 12.0 Å². The monoisotopic (exact) mass is 328 g/mol. The van der Waals surface area contributed by atoms with Gasteiger partial charge in [0.1, 0.15) is 5.75 Å². The zero-order valence-electron chi connectivity index (χ0n) is 13.7. The van der Waals surface area contributed by atoms with E-state index in [2.05, 4.69) is 15.4 Å². The highest BCUT2D eigenvalue weighted by atomic mass is 16.5. The van der Waals surface area contributed by atoms with Crippen LogP contribution >= 0.6 is 0 Å². The molecule has 0 saturated carbocycles. The van der Waals surface area contributed by atoms with Crippen LogP contribution in [0.5, 0.6) is 5.75 Å². The van der Waals surface area contributed by atoms with E-state index in [4.69, 9.17) is 4.74 Å². The Morgan fingerprint density at radius 3 is 2.42 bits per heavy atom. The normalized spacial score (nSPS) is 9.92. The van der Waals surface area contributed by atoms with Gasteiger partial charge < -0.3 is 20.1 Å². The Kier molecular flexibility index (Phi) is 6.19. The average molecular weight is 328 g/mol. The maximum absolute atomic E-state index is 12.0. The molecule has 0 saturated heterocycles. The molecule has 0 atom stereocenters. The molecule has 0 aromatic heterocycles. The van der Waals surface area contributed by atoms with E-state index < -0.39 is 0 Å². The number of hydrogen-bond acceptors (Lipinski definition) is 4. The van der Waals surface area contributed by atoms with E-state index in [9.17, 15) is 9.59 Å². The number of esters is 1. The lowest BCUT2D eigenvalue weighted by Gasteiger charge is -2.12. The molecule has 0 heterocycles. The van der Waals surface area contributed by atoms with Gasteiger partial charge in [-0.25, -0.2) is 9.59 Å². The molecule has 0 spiro atoms. The number of carbonyl (C=O) groups excluding carboxylic acids is 2. The fraction of sp³-hybridized carbons (Fsp3) is 0.222. The van der Waals surface area contributed by atoms with Crippen LogP contribution in [0.3, 0.4) is 0 Å². The third-order valence-corrected chi connectivity index (χ3v) is 3.26. The summed E-state index contributed by atoms with van der Waals surface area (Å²) >= 11 is 0. The maximum atomic E-state index is 12.0. The molecule has 0 bridgehead atoms. The van der Waals surface area contributed by atoms with Gasteiger partial charge in [0.05, 0.1) is 25.0 Å². The van der Waals surface area contributed by atoms with Gasteiger partial charge in [0.15, 0.2) is 0 Å². The number of rotatable bonds is 6. The van der Waals surface area contributed by atoms with Crippen molar-refractivity contribution in [2.24, 2.45) is 0 Å². The Hall–Kier alpha value is -3.02. The van der Waals surface area contributed by atoms with E-state index in [1.807, 2.05) is 19.1 Å². The Balaban J connectivity index is 1.90. The van der Waals surface area contributed by atoms with Crippen LogP contribution in [0.15, 0.2) is 48.5 Å². The molecule has 24 heavy (non-hydrogen) atoms. The molecule has 2 N–H and O–H groups in total. The van der Waals surface area contributed by atoms with Crippen LogP contribution in [0.2, 0.25) is 0 Å². The minimum Gasteiger partial charge on any atom is -0.492 e. The number of methoxy groups -OCH3 is 1. The lowest BCUT2D eigenvalue weighted by molar-refractivity contribution is 0.0600. The topological polar surface area (TPSA) is 76.7 Å². The highest BCUT2D eigenvalue weighted by molar-refractivity contribution is 5.91. The van der Waals surface area contributed by atoms with Crippen LogP contribution in [0, 0.1) is 0 Å². The first-order chi connectivity index (χ1) is 11.6. The highest BCUT2D eigenvalue weighted by Gasteiger charge is 2.08. The summed E-state index contributed by atoms with van der Waals surface area (Å²) in [6.07, 6.45) is 0. The zero-order chi connectivity index (χ0) is 17.4. The Labute approximate surface area is 140 Å². The summed E-state index contributed by atoms with van der Waals surface area (Å²) in [5.74, 6) is 0.234. The third kappa shape index (κ3) is 4.74. The van der Waals surface area contributed by atoms with Crippen molar-refractivity contribution in [3.8, 4) is 5.75 Å². The zero-order valence-corrected chi connectivity index (χ0v) is 13.7. The summed E-state index contributed by atoms with van der Waals surface area (Å²) < 4.78 is 10.1. The first-order valence-electron chi connectivity index (χ1n) is 7.58. The standard InChI is InChI=1S/C18H20N2O4/c1-3-24-16-7-5-4-6-15(16)20-18(22)19-12-13-8-10-14(11-9-13)17(21)23-2/h4-11H,3,12H2,1-2H3,(H2,19,20,22). The van der Waals surface area contributed by atoms with Gasteiger partial charge in [-0.15, -0.1) is 0 Å². The van der Waals surface area contributed by atoms with Crippen LogP contribution in [-0.2, 0) is 11.3 Å². The molecule has 2 rings (SSSR count). The van der Waals surface area contributed by atoms with Gasteiger partial charge >= 0.3 is 12.0 Å². The van der Waals surface area contributed by atoms with E-state index in [1.54, 1.807) is 36.4 Å². The second-order valence-electron chi connectivity index (χ2n) is 4.93. The van der Waals surface area contributed by atoms with Crippen molar-refractivity contribution in [2.45, 2.75) is 13.5 Å². The van der Waals surface area contributed by atoms with Crippen LogP contribution in [0.1, 0.15) is 22.8 Å². The largest absolute Gasteiger partial charge is 0.492 e. The molecule has 0 radical (unpaired) electrons. The molecule has 0 aliphatic heterocycles. The van der Waals surface area contributed by atoms with Crippen molar-refractivity contribution in [3.05, 3.63) is 59.7 Å². The highest BCUT2D eigenvalue weighted by Crippen LogP contribution is 2.23. The van der Waals surface area contributed by atoms with Crippen LogP contribution < -0.4 is 15.4 Å². The Morgan fingerprint density at radius 2 is 1.75 bits per heavy atom. The van der Waals surface area contributed by atoms with E-state index in [0.717, 1.165) is 5.56 Å². The smallest absolute Gasteiger partial charge is 0.337 e. The van der Waals surface area contributed by atoms with Gasteiger partial charge in [-0.1, -0.05) is 24.3 Å². The van der Waals surface area contributed by atoms with E-state index in [1.165, 1.54) is 7.11 Å². The van der Waals surface area contributed by atoms with Gasteiger partial charge in [-0.3, -0.25) is 0 Å². The molecule has 0 aliphatic carbocycles. The maximum Gasteiger partial charge on any atom is 0.337 e. The van der Waals surface area contributed by atoms with Gasteiger partial charge in [-0.2, -0.15) is 0 Å². The molecule has 2 aromatic rings. The average Bonchev–Trinajstić information content (AvgIpc) is 2.61. The summed E-state index contributed by atoms with van der Waals surface area (Å²) in [5, 5.41) is 5.51. The molecule has 126 valence electrons. The fourth-order valence-electron chi connectivity index (χ4n) is 2.08. The van der Waals surface area contributed by atoms with Crippen molar-refractivity contribution in [1.82, 2.24) is 5.32 Å². The molecule has 0 fully saturated rings. The van der Waals surface area contributed by atoms with Crippen molar-refractivity contribution >= 4 is 17.7 Å². The second kappa shape index (κ2) is 8.57. The minimum atomic E-state index is -0.389. The molecule has 6 heteroatoms. The van der Waals surface area contributed by atoms with Crippen molar-refractivity contribution < 1.29 is 19.1 Å². The number of anilines is 1. The lowest BCUT2D eigenvalue weighted by Crippen LogP contribution is -2.28. The summed E-state index contributed by atoms with van der Waals surface area (Å²) in [6, 6.07) is 13.7. The van der Waals surface area contributed by atoms with Crippen molar-refractivity contribution in [2.75, 3.05) is 19.0 Å². The second-order valence-corrected chi connectivity index (χ2v) is 4.93. The number of amides is 2. The molecule has 6 nitrogen and oxygen atoms in total. The van der Waals surface area contributed by atoms with Gasteiger partial charge in [0.2, 0.25) is 0 Å². The number of ether oxygens (including phenoxy) is 2. The fourth-order valence-corrected chi connectivity index (χ4v) is 2.08. The van der Waals surface area contributed by atoms with Gasteiger partial charge in [-0.05, 0) is 36.8 Å². The minimum absolute atomic E-state index is 0.334. The third-order valence-electron chi connectivity index (χ3n) is 3.26. The number of hydrogen-bond donors (Lipinski definition) is 2.